The Hall–Kier alpha value is -3.64. The molecule has 144 valence electrons. The number of carbonyl (C=O) groups is 1. The van der Waals surface area contributed by atoms with Crippen molar-refractivity contribution in [3.05, 3.63) is 90.0 Å². The van der Waals surface area contributed by atoms with Gasteiger partial charge in [-0.25, -0.2) is 0 Å². The number of ether oxygens (including phenoxy) is 2. The molecule has 3 aromatic carbocycles. The molecule has 2 N–H and O–H groups in total. The minimum atomic E-state index is -0.298. The van der Waals surface area contributed by atoms with Gasteiger partial charge in [0.05, 0.1) is 5.57 Å². The maximum absolute atomic E-state index is 12.5. The number of rotatable bonds is 4. The Bertz CT molecular complexity index is 1080. The topological polar surface area (TPSA) is 59.6 Å². The van der Waals surface area contributed by atoms with Crippen molar-refractivity contribution in [2.75, 3.05) is 11.9 Å². The summed E-state index contributed by atoms with van der Waals surface area (Å²) in [4.78, 5) is 12.5. The lowest BCUT2D eigenvalue weighted by Gasteiger charge is -2.18. The molecule has 4 rings (SSSR count). The van der Waals surface area contributed by atoms with Crippen LogP contribution in [0, 0.1) is 0 Å². The van der Waals surface area contributed by atoms with Crippen molar-refractivity contribution >= 4 is 35.0 Å². The Morgan fingerprint density at radius 2 is 1.69 bits per heavy atom. The third-order valence-electron chi connectivity index (χ3n) is 4.22. The summed E-state index contributed by atoms with van der Waals surface area (Å²) in [6.07, 6.45) is 1.81. The lowest BCUT2D eigenvalue weighted by Crippen LogP contribution is -2.36. The number of nitrogens with one attached hydrogen (secondary N) is 2. The molecule has 0 atom stereocenters. The molecule has 1 aliphatic heterocycles. The number of anilines is 1. The molecule has 0 aliphatic carbocycles. The van der Waals surface area contributed by atoms with Gasteiger partial charge in [-0.2, -0.15) is 0 Å². The minimum Gasteiger partial charge on any atom is -0.488 e. The molecule has 0 unspecified atom stereocenters. The molecule has 1 heterocycles. The molecular formula is C23H18N2O3S. The summed E-state index contributed by atoms with van der Waals surface area (Å²) in [5.41, 5.74) is 2.09. The van der Waals surface area contributed by atoms with E-state index in [1.165, 1.54) is 0 Å². The molecule has 0 saturated carbocycles. The highest BCUT2D eigenvalue weighted by molar-refractivity contribution is 7.80. The normalized spacial score (nSPS) is 12.1. The van der Waals surface area contributed by atoms with Crippen LogP contribution in [0.2, 0.25) is 0 Å². The first-order valence-electron chi connectivity index (χ1n) is 9.05. The highest BCUT2D eigenvalue weighted by Gasteiger charge is 2.17. The molecule has 5 nitrogen and oxygen atoms in total. The molecule has 0 spiro atoms. The molecule has 1 aliphatic rings. The van der Waals surface area contributed by atoms with Crippen molar-refractivity contribution in [3.63, 3.8) is 0 Å². The summed E-state index contributed by atoms with van der Waals surface area (Å²) in [6, 6.07) is 24.4. The van der Waals surface area contributed by atoms with Crippen LogP contribution in [-0.2, 0) is 4.79 Å². The second kappa shape index (κ2) is 8.58. The zero-order chi connectivity index (χ0) is 20.1. The lowest BCUT2D eigenvalue weighted by molar-refractivity contribution is -0.116. The molecular weight excluding hydrogens is 384 g/mol. The summed E-state index contributed by atoms with van der Waals surface area (Å²) in [7, 11) is 0. The van der Waals surface area contributed by atoms with Gasteiger partial charge in [0, 0.05) is 17.3 Å². The van der Waals surface area contributed by atoms with Gasteiger partial charge in [-0.3, -0.25) is 10.1 Å². The molecule has 1 amide bonds. The summed E-state index contributed by atoms with van der Waals surface area (Å²) in [5, 5.41) is 5.90. The number of carbonyl (C=O) groups excluding carboxylic acids is 1. The average molecular weight is 402 g/mol. The van der Waals surface area contributed by atoms with Crippen molar-refractivity contribution in [1.82, 2.24) is 5.32 Å². The fourth-order valence-corrected chi connectivity index (χ4v) is 3.07. The predicted octanol–water partition coefficient (Wildman–Crippen LogP) is 4.77. The van der Waals surface area contributed by atoms with Gasteiger partial charge in [-0.1, -0.05) is 42.5 Å². The SMILES string of the molecule is O=C(NC(=S)Nc1cccc(Oc2ccccc2)c1)C1=Cc2ccccc2OC1. The number of amides is 1. The Morgan fingerprint density at radius 3 is 2.55 bits per heavy atom. The Kier molecular flexibility index (Phi) is 5.54. The van der Waals surface area contributed by atoms with Gasteiger partial charge in [0.15, 0.2) is 5.11 Å². The third kappa shape index (κ3) is 4.80. The largest absolute Gasteiger partial charge is 0.488 e. The zero-order valence-electron chi connectivity index (χ0n) is 15.4. The maximum atomic E-state index is 12.5. The molecule has 0 radical (unpaired) electrons. The van der Waals surface area contributed by atoms with Gasteiger partial charge >= 0.3 is 0 Å². The van der Waals surface area contributed by atoms with E-state index in [4.69, 9.17) is 21.7 Å². The molecule has 0 saturated heterocycles. The number of para-hydroxylation sites is 2. The molecule has 3 aromatic rings. The molecule has 0 fully saturated rings. The van der Waals surface area contributed by atoms with Crippen molar-refractivity contribution in [2.45, 2.75) is 0 Å². The van der Waals surface area contributed by atoms with Crippen LogP contribution in [0.3, 0.4) is 0 Å². The summed E-state index contributed by atoms with van der Waals surface area (Å²) in [5.74, 6) is 1.87. The summed E-state index contributed by atoms with van der Waals surface area (Å²) < 4.78 is 11.4. The van der Waals surface area contributed by atoms with E-state index >= 15 is 0 Å². The highest BCUT2D eigenvalue weighted by Crippen LogP contribution is 2.26. The van der Waals surface area contributed by atoms with E-state index in [0.717, 1.165) is 17.1 Å². The van der Waals surface area contributed by atoms with E-state index in [1.54, 1.807) is 0 Å². The quantitative estimate of drug-likeness (QED) is 0.616. The van der Waals surface area contributed by atoms with E-state index in [-0.39, 0.29) is 17.6 Å². The van der Waals surface area contributed by atoms with Crippen LogP contribution in [-0.4, -0.2) is 17.6 Å². The van der Waals surface area contributed by atoms with Crippen LogP contribution in [0.5, 0.6) is 17.2 Å². The van der Waals surface area contributed by atoms with Gasteiger partial charge in [0.1, 0.15) is 23.9 Å². The first-order chi connectivity index (χ1) is 14.2. The Morgan fingerprint density at radius 1 is 0.931 bits per heavy atom. The third-order valence-corrected chi connectivity index (χ3v) is 4.43. The number of benzene rings is 3. The molecule has 29 heavy (non-hydrogen) atoms. The number of thiocarbonyl (C=S) groups is 1. The van der Waals surface area contributed by atoms with E-state index in [9.17, 15) is 4.79 Å². The van der Waals surface area contributed by atoms with E-state index in [1.807, 2.05) is 84.9 Å². The minimum absolute atomic E-state index is 0.200. The summed E-state index contributed by atoms with van der Waals surface area (Å²) >= 11 is 5.28. The van der Waals surface area contributed by atoms with Gasteiger partial charge in [0.2, 0.25) is 0 Å². The predicted molar refractivity (Wildman–Crippen MR) is 117 cm³/mol. The van der Waals surface area contributed by atoms with E-state index < -0.39 is 0 Å². The fraction of sp³-hybridized carbons (Fsp3) is 0.0435. The fourth-order valence-electron chi connectivity index (χ4n) is 2.85. The first kappa shape index (κ1) is 18.7. The van der Waals surface area contributed by atoms with Gasteiger partial charge < -0.3 is 14.8 Å². The zero-order valence-corrected chi connectivity index (χ0v) is 16.2. The highest BCUT2D eigenvalue weighted by atomic mass is 32.1. The van der Waals surface area contributed by atoms with Crippen LogP contribution in [0.1, 0.15) is 5.56 Å². The average Bonchev–Trinajstić information content (AvgIpc) is 2.74. The number of hydrogen-bond donors (Lipinski definition) is 2. The maximum Gasteiger partial charge on any atom is 0.256 e. The van der Waals surface area contributed by atoms with Crippen molar-refractivity contribution in [2.24, 2.45) is 0 Å². The van der Waals surface area contributed by atoms with Crippen molar-refractivity contribution < 1.29 is 14.3 Å². The number of hydrogen-bond acceptors (Lipinski definition) is 4. The monoisotopic (exact) mass is 402 g/mol. The van der Waals surface area contributed by atoms with Crippen LogP contribution < -0.4 is 20.1 Å². The van der Waals surface area contributed by atoms with Gasteiger partial charge in [-0.15, -0.1) is 0 Å². The van der Waals surface area contributed by atoms with Crippen LogP contribution in [0.4, 0.5) is 5.69 Å². The van der Waals surface area contributed by atoms with Gasteiger partial charge in [-0.05, 0) is 48.6 Å². The number of fused-ring (bicyclic) bond motifs is 1. The molecule has 6 heteroatoms. The Balaban J connectivity index is 1.38. The van der Waals surface area contributed by atoms with Gasteiger partial charge in [0.25, 0.3) is 5.91 Å². The molecule has 0 aromatic heterocycles. The van der Waals surface area contributed by atoms with E-state index in [0.29, 0.717) is 17.0 Å². The standard InChI is InChI=1S/C23H18N2O3S/c26-22(17-13-16-7-4-5-12-21(16)27-15-17)25-23(29)24-18-8-6-11-20(14-18)28-19-9-2-1-3-10-19/h1-14H,15H2,(H2,24,25,26,29). The second-order valence-electron chi connectivity index (χ2n) is 6.35. The Labute approximate surface area is 174 Å². The smallest absolute Gasteiger partial charge is 0.256 e. The van der Waals surface area contributed by atoms with Crippen molar-refractivity contribution in [1.29, 1.82) is 0 Å². The summed E-state index contributed by atoms with van der Waals surface area (Å²) in [6.45, 7) is 0.200. The lowest BCUT2D eigenvalue weighted by atomic mass is 10.1. The van der Waals surface area contributed by atoms with E-state index in [2.05, 4.69) is 10.6 Å². The molecule has 0 bridgehead atoms. The second-order valence-corrected chi connectivity index (χ2v) is 6.76. The van der Waals surface area contributed by atoms with Crippen LogP contribution >= 0.6 is 12.2 Å². The van der Waals surface area contributed by atoms with Crippen LogP contribution in [0.25, 0.3) is 6.08 Å². The van der Waals surface area contributed by atoms with Crippen LogP contribution in [0.15, 0.2) is 84.4 Å². The first-order valence-corrected chi connectivity index (χ1v) is 9.46. The van der Waals surface area contributed by atoms with Crippen molar-refractivity contribution in [3.8, 4) is 17.2 Å².